The van der Waals surface area contributed by atoms with E-state index in [1.165, 1.54) is 6.20 Å². The largest absolute Gasteiger partial charge is 0.387 e. The Balaban J connectivity index is 2.24. The molecular formula is C13H21N3O2S. The van der Waals surface area contributed by atoms with Gasteiger partial charge in [0.2, 0.25) is 10.0 Å². The number of pyridine rings is 1. The number of nitrogens with zero attached hydrogens (tertiary/aromatic N) is 2. The molecule has 0 spiro atoms. The van der Waals surface area contributed by atoms with Crippen LogP contribution in [0.1, 0.15) is 26.2 Å². The van der Waals surface area contributed by atoms with E-state index in [2.05, 4.69) is 17.2 Å². The first-order chi connectivity index (χ1) is 9.09. The highest BCUT2D eigenvalue weighted by Crippen LogP contribution is 2.29. The second-order valence-electron chi connectivity index (χ2n) is 4.93. The quantitative estimate of drug-likeness (QED) is 0.897. The maximum absolute atomic E-state index is 12.6. The van der Waals surface area contributed by atoms with Crippen LogP contribution in [-0.4, -0.2) is 37.8 Å². The summed E-state index contributed by atoms with van der Waals surface area (Å²) >= 11 is 0. The molecule has 1 aliphatic rings. The Morgan fingerprint density at radius 1 is 1.53 bits per heavy atom. The smallest absolute Gasteiger partial charge is 0.246 e. The van der Waals surface area contributed by atoms with E-state index in [4.69, 9.17) is 0 Å². The van der Waals surface area contributed by atoms with E-state index >= 15 is 0 Å². The van der Waals surface area contributed by atoms with Gasteiger partial charge in [-0.05, 0) is 24.8 Å². The average molecular weight is 283 g/mol. The van der Waals surface area contributed by atoms with Gasteiger partial charge in [0.1, 0.15) is 4.90 Å². The monoisotopic (exact) mass is 283 g/mol. The number of aromatic nitrogens is 1. The Morgan fingerprint density at radius 3 is 3.00 bits per heavy atom. The van der Waals surface area contributed by atoms with Crippen LogP contribution in [0.15, 0.2) is 23.4 Å². The molecule has 0 saturated carbocycles. The van der Waals surface area contributed by atoms with Gasteiger partial charge in [-0.15, -0.1) is 0 Å². The summed E-state index contributed by atoms with van der Waals surface area (Å²) in [6.07, 6.45) is 6.18. The van der Waals surface area contributed by atoms with Gasteiger partial charge in [0.25, 0.3) is 0 Å². The van der Waals surface area contributed by atoms with E-state index in [-0.39, 0.29) is 4.90 Å². The molecule has 19 heavy (non-hydrogen) atoms. The second-order valence-corrected chi connectivity index (χ2v) is 6.83. The summed E-state index contributed by atoms with van der Waals surface area (Å²) in [5.74, 6) is 0.495. The van der Waals surface area contributed by atoms with Crippen molar-refractivity contribution in [1.29, 1.82) is 0 Å². The molecular weight excluding hydrogens is 262 g/mol. The lowest BCUT2D eigenvalue weighted by atomic mass is 10.0. The minimum absolute atomic E-state index is 0.273. The summed E-state index contributed by atoms with van der Waals surface area (Å²) in [7, 11) is -1.70. The molecule has 5 nitrogen and oxygen atoms in total. The molecule has 0 radical (unpaired) electrons. The third-order valence-electron chi connectivity index (χ3n) is 3.62. The first-order valence-corrected chi connectivity index (χ1v) is 8.15. The lowest BCUT2D eigenvalue weighted by Gasteiger charge is -2.18. The van der Waals surface area contributed by atoms with E-state index in [9.17, 15) is 8.42 Å². The van der Waals surface area contributed by atoms with E-state index in [1.54, 1.807) is 23.6 Å². The summed E-state index contributed by atoms with van der Waals surface area (Å²) in [5.41, 5.74) is 0.606. The number of hydrogen-bond donors (Lipinski definition) is 1. The number of nitrogens with one attached hydrogen (secondary N) is 1. The molecule has 2 rings (SSSR count). The van der Waals surface area contributed by atoms with Crippen LogP contribution in [0.3, 0.4) is 0 Å². The Morgan fingerprint density at radius 2 is 2.32 bits per heavy atom. The van der Waals surface area contributed by atoms with Gasteiger partial charge in [-0.3, -0.25) is 4.98 Å². The molecule has 0 aromatic carbocycles. The minimum atomic E-state index is -3.42. The van der Waals surface area contributed by atoms with Crippen molar-refractivity contribution in [2.75, 3.05) is 25.5 Å². The van der Waals surface area contributed by atoms with Gasteiger partial charge in [-0.2, -0.15) is 4.31 Å². The molecule has 1 aliphatic heterocycles. The Bertz CT molecular complexity index is 530. The van der Waals surface area contributed by atoms with Crippen molar-refractivity contribution in [2.24, 2.45) is 5.92 Å². The standard InChI is InChI=1S/C13H21N3O2S/c1-3-4-11-6-8-16(10-11)19(17,18)13-9-15-7-5-12(13)14-2/h5,7,9,11H,3-4,6,8,10H2,1-2H3,(H,14,15). The van der Waals surface area contributed by atoms with Crippen molar-refractivity contribution < 1.29 is 8.42 Å². The lowest BCUT2D eigenvalue weighted by molar-refractivity contribution is 0.444. The molecule has 1 atom stereocenters. The van der Waals surface area contributed by atoms with Crippen molar-refractivity contribution in [3.8, 4) is 0 Å². The Kier molecular flexibility index (Phi) is 4.42. The SMILES string of the molecule is CCCC1CCN(S(=O)(=O)c2cnccc2NC)C1. The van der Waals surface area contributed by atoms with Crippen LogP contribution in [-0.2, 0) is 10.0 Å². The van der Waals surface area contributed by atoms with Crippen LogP contribution in [0.2, 0.25) is 0 Å². The van der Waals surface area contributed by atoms with Crippen LogP contribution < -0.4 is 5.32 Å². The number of sulfonamides is 1. The van der Waals surface area contributed by atoms with Crippen molar-refractivity contribution in [3.05, 3.63) is 18.5 Å². The molecule has 1 aromatic heterocycles. The maximum atomic E-state index is 12.6. The van der Waals surface area contributed by atoms with Gasteiger partial charge < -0.3 is 5.32 Å². The van der Waals surface area contributed by atoms with Gasteiger partial charge in [-0.25, -0.2) is 8.42 Å². The van der Waals surface area contributed by atoms with E-state index in [0.29, 0.717) is 24.7 Å². The van der Waals surface area contributed by atoms with E-state index < -0.39 is 10.0 Å². The molecule has 0 aliphatic carbocycles. The molecule has 1 aromatic rings. The van der Waals surface area contributed by atoms with E-state index in [0.717, 1.165) is 19.3 Å². The van der Waals surface area contributed by atoms with Crippen LogP contribution >= 0.6 is 0 Å². The predicted molar refractivity (Wildman–Crippen MR) is 75.6 cm³/mol. The zero-order valence-corrected chi connectivity index (χ0v) is 12.3. The van der Waals surface area contributed by atoms with Crippen LogP contribution in [0.25, 0.3) is 0 Å². The van der Waals surface area contributed by atoms with Crippen molar-refractivity contribution >= 4 is 15.7 Å². The van der Waals surface area contributed by atoms with Crippen LogP contribution in [0, 0.1) is 5.92 Å². The zero-order chi connectivity index (χ0) is 13.9. The first-order valence-electron chi connectivity index (χ1n) is 6.71. The molecule has 0 bridgehead atoms. The Hall–Kier alpha value is -1.14. The lowest BCUT2D eigenvalue weighted by Crippen LogP contribution is -2.29. The highest BCUT2D eigenvalue weighted by molar-refractivity contribution is 7.89. The van der Waals surface area contributed by atoms with Crippen molar-refractivity contribution in [1.82, 2.24) is 9.29 Å². The second kappa shape index (κ2) is 5.88. The average Bonchev–Trinajstić information content (AvgIpc) is 2.88. The third kappa shape index (κ3) is 2.90. The third-order valence-corrected chi connectivity index (χ3v) is 5.51. The molecule has 2 heterocycles. The van der Waals surface area contributed by atoms with Gasteiger partial charge in [0.15, 0.2) is 0 Å². The predicted octanol–water partition coefficient (Wildman–Crippen LogP) is 1.93. The fourth-order valence-electron chi connectivity index (χ4n) is 2.59. The molecule has 6 heteroatoms. The summed E-state index contributed by atoms with van der Waals surface area (Å²) < 4.78 is 26.8. The minimum Gasteiger partial charge on any atom is -0.387 e. The first kappa shape index (κ1) is 14.3. The summed E-state index contributed by atoms with van der Waals surface area (Å²) in [6, 6.07) is 1.69. The van der Waals surface area contributed by atoms with Gasteiger partial charge in [0, 0.05) is 32.5 Å². The topological polar surface area (TPSA) is 62.3 Å². The summed E-state index contributed by atoms with van der Waals surface area (Å²) in [6.45, 7) is 3.39. The highest BCUT2D eigenvalue weighted by Gasteiger charge is 2.33. The fraction of sp³-hybridized carbons (Fsp3) is 0.615. The van der Waals surface area contributed by atoms with Crippen LogP contribution in [0.5, 0.6) is 0 Å². The molecule has 106 valence electrons. The zero-order valence-electron chi connectivity index (χ0n) is 11.5. The Labute approximate surface area is 115 Å². The van der Waals surface area contributed by atoms with Gasteiger partial charge >= 0.3 is 0 Å². The van der Waals surface area contributed by atoms with Crippen LogP contribution in [0.4, 0.5) is 5.69 Å². The molecule has 1 N–H and O–H groups in total. The molecule has 1 unspecified atom stereocenters. The number of rotatable bonds is 5. The molecule has 1 saturated heterocycles. The van der Waals surface area contributed by atoms with Crippen molar-refractivity contribution in [3.63, 3.8) is 0 Å². The van der Waals surface area contributed by atoms with E-state index in [1.807, 2.05) is 0 Å². The summed E-state index contributed by atoms with van der Waals surface area (Å²) in [4.78, 5) is 4.21. The summed E-state index contributed by atoms with van der Waals surface area (Å²) in [5, 5.41) is 2.92. The maximum Gasteiger partial charge on any atom is 0.246 e. The normalized spacial score (nSPS) is 20.6. The van der Waals surface area contributed by atoms with Gasteiger partial charge in [-0.1, -0.05) is 13.3 Å². The van der Waals surface area contributed by atoms with Gasteiger partial charge in [0.05, 0.1) is 5.69 Å². The number of hydrogen-bond acceptors (Lipinski definition) is 4. The molecule has 1 fully saturated rings. The molecule has 0 amide bonds. The highest BCUT2D eigenvalue weighted by atomic mass is 32.2. The fourth-order valence-corrected chi connectivity index (χ4v) is 4.26. The van der Waals surface area contributed by atoms with Crippen molar-refractivity contribution in [2.45, 2.75) is 31.1 Å². The number of anilines is 1.